The molecule has 0 aliphatic rings. The average molecular weight is 501 g/mol. The minimum atomic E-state index is -0.521. The number of fused-ring (bicyclic) bond motifs is 1. The molecule has 5 rings (SSSR count). The van der Waals surface area contributed by atoms with Crippen LogP contribution in [-0.2, 0) is 0 Å². The number of aromatic nitrogens is 5. The number of imidazole rings is 1. The van der Waals surface area contributed by atoms with Crippen LogP contribution in [0.1, 0.15) is 12.5 Å². The summed E-state index contributed by atoms with van der Waals surface area (Å²) >= 11 is 1.43. The van der Waals surface area contributed by atoms with Crippen molar-refractivity contribution in [2.45, 2.75) is 20.0 Å². The number of aryl methyl sites for hydroxylation is 1. The van der Waals surface area contributed by atoms with E-state index in [1.54, 1.807) is 37.6 Å². The number of nitrogens with zero attached hydrogens (tertiary/aromatic N) is 5. The Labute approximate surface area is 211 Å². The van der Waals surface area contributed by atoms with Gasteiger partial charge in [-0.15, -0.1) is 0 Å². The molecule has 0 saturated heterocycles. The number of rotatable bonds is 7. The van der Waals surface area contributed by atoms with E-state index in [2.05, 4.69) is 35.9 Å². The molecule has 4 N–H and O–H groups in total. The summed E-state index contributed by atoms with van der Waals surface area (Å²) in [5.74, 6) is 1.68. The lowest BCUT2D eigenvalue weighted by Crippen LogP contribution is -2.19. The number of anilines is 3. The van der Waals surface area contributed by atoms with Crippen LogP contribution in [0.5, 0.6) is 0 Å². The van der Waals surface area contributed by atoms with Crippen LogP contribution >= 0.6 is 11.3 Å². The van der Waals surface area contributed by atoms with E-state index in [9.17, 15) is 9.90 Å². The van der Waals surface area contributed by atoms with E-state index in [-0.39, 0.29) is 6.03 Å². The number of nitrogens with one attached hydrogen (secondary N) is 3. The van der Waals surface area contributed by atoms with Gasteiger partial charge in [0, 0.05) is 36.4 Å². The maximum atomic E-state index is 12.6. The number of hydrogen-bond acceptors (Lipinski definition) is 8. The van der Waals surface area contributed by atoms with Gasteiger partial charge in [0.1, 0.15) is 11.6 Å². The summed E-state index contributed by atoms with van der Waals surface area (Å²) in [6, 6.07) is 14.8. The van der Waals surface area contributed by atoms with E-state index in [4.69, 9.17) is 0 Å². The zero-order valence-electron chi connectivity index (χ0n) is 19.6. The second-order valence-corrected chi connectivity index (χ2v) is 9.27. The highest BCUT2D eigenvalue weighted by atomic mass is 32.1. The minimum Gasteiger partial charge on any atom is -0.392 e. The molecule has 0 unspecified atom stereocenters. The van der Waals surface area contributed by atoms with Gasteiger partial charge in [-0.05, 0) is 49.7 Å². The fourth-order valence-electron chi connectivity index (χ4n) is 3.59. The number of urea groups is 1. The summed E-state index contributed by atoms with van der Waals surface area (Å²) in [6.07, 6.45) is 4.61. The van der Waals surface area contributed by atoms with Crippen LogP contribution < -0.4 is 16.0 Å². The van der Waals surface area contributed by atoms with E-state index in [1.165, 1.54) is 11.3 Å². The summed E-state index contributed by atoms with van der Waals surface area (Å²) in [7, 11) is 0. The molecule has 0 spiro atoms. The fourth-order valence-corrected chi connectivity index (χ4v) is 4.55. The Kier molecular flexibility index (Phi) is 6.56. The van der Waals surface area contributed by atoms with Crippen LogP contribution in [0.15, 0.2) is 67.1 Å². The Morgan fingerprint density at radius 1 is 1.08 bits per heavy atom. The molecule has 2 aromatic carbocycles. The third-order valence-corrected chi connectivity index (χ3v) is 6.16. The van der Waals surface area contributed by atoms with E-state index < -0.39 is 6.10 Å². The first-order chi connectivity index (χ1) is 17.4. The smallest absolute Gasteiger partial charge is 0.325 e. The zero-order valence-corrected chi connectivity index (χ0v) is 20.5. The molecule has 3 heterocycles. The first kappa shape index (κ1) is 23.4. The van der Waals surface area contributed by atoms with Crippen molar-refractivity contribution in [2.24, 2.45) is 0 Å². The monoisotopic (exact) mass is 500 g/mol. The molecule has 2 amide bonds. The first-order valence-electron chi connectivity index (χ1n) is 11.3. The summed E-state index contributed by atoms with van der Waals surface area (Å²) in [4.78, 5) is 30.3. The van der Waals surface area contributed by atoms with Gasteiger partial charge in [-0.3, -0.25) is 9.88 Å². The molecule has 0 fully saturated rings. The van der Waals surface area contributed by atoms with Crippen molar-refractivity contribution < 1.29 is 9.90 Å². The second kappa shape index (κ2) is 10.1. The molecule has 3 aromatic heterocycles. The Balaban J connectivity index is 1.32. The maximum absolute atomic E-state index is 12.6. The molecular formula is C25H24N8O2S. The van der Waals surface area contributed by atoms with Gasteiger partial charge in [0.2, 0.25) is 5.95 Å². The summed E-state index contributed by atoms with van der Waals surface area (Å²) in [5, 5.41) is 18.7. The lowest BCUT2D eigenvalue weighted by atomic mass is 10.2. The third-order valence-electron chi connectivity index (χ3n) is 5.23. The van der Waals surface area contributed by atoms with E-state index in [0.29, 0.717) is 35.0 Å². The average Bonchev–Trinajstić information content (AvgIpc) is 3.49. The van der Waals surface area contributed by atoms with Gasteiger partial charge in [0.25, 0.3) is 0 Å². The highest BCUT2D eigenvalue weighted by molar-refractivity contribution is 7.22. The quantitative estimate of drug-likeness (QED) is 0.255. The Hall–Kier alpha value is -4.35. The van der Waals surface area contributed by atoms with Crippen molar-refractivity contribution in [1.29, 1.82) is 0 Å². The van der Waals surface area contributed by atoms with E-state index in [0.717, 1.165) is 21.3 Å². The van der Waals surface area contributed by atoms with Gasteiger partial charge in [-0.1, -0.05) is 29.5 Å². The Morgan fingerprint density at radius 2 is 1.97 bits per heavy atom. The van der Waals surface area contributed by atoms with Crippen molar-refractivity contribution in [3.8, 4) is 17.2 Å². The molecule has 11 heteroatoms. The molecule has 0 radical (unpaired) electrons. The molecule has 0 aliphatic carbocycles. The third kappa shape index (κ3) is 5.32. The van der Waals surface area contributed by atoms with Crippen LogP contribution in [0.4, 0.5) is 21.6 Å². The Morgan fingerprint density at radius 3 is 2.83 bits per heavy atom. The van der Waals surface area contributed by atoms with Gasteiger partial charge >= 0.3 is 6.03 Å². The number of hydrogen-bond donors (Lipinski definition) is 4. The molecule has 36 heavy (non-hydrogen) atoms. The van der Waals surface area contributed by atoms with Crippen LogP contribution in [0, 0.1) is 6.92 Å². The van der Waals surface area contributed by atoms with Gasteiger partial charge < -0.3 is 15.7 Å². The van der Waals surface area contributed by atoms with Crippen LogP contribution in [0.2, 0.25) is 0 Å². The zero-order chi connectivity index (χ0) is 25.1. The van der Waals surface area contributed by atoms with Crippen molar-refractivity contribution in [1.82, 2.24) is 24.5 Å². The molecule has 0 bridgehead atoms. The molecule has 0 saturated carbocycles. The van der Waals surface area contributed by atoms with Crippen molar-refractivity contribution >= 4 is 44.4 Å². The normalized spacial score (nSPS) is 11.9. The summed E-state index contributed by atoms with van der Waals surface area (Å²) in [6.45, 7) is 4.05. The molecule has 0 aliphatic heterocycles. The predicted octanol–water partition coefficient (Wildman–Crippen LogP) is 4.68. The van der Waals surface area contributed by atoms with E-state index in [1.807, 2.05) is 47.9 Å². The first-order valence-corrected chi connectivity index (χ1v) is 12.1. The molecular weight excluding hydrogens is 476 g/mol. The molecule has 1 atom stereocenters. The largest absolute Gasteiger partial charge is 0.392 e. The van der Waals surface area contributed by atoms with Gasteiger partial charge in [0.05, 0.1) is 16.3 Å². The molecule has 5 aromatic rings. The summed E-state index contributed by atoms with van der Waals surface area (Å²) < 4.78 is 2.85. The Bertz CT molecular complexity index is 1530. The van der Waals surface area contributed by atoms with Crippen LogP contribution in [0.25, 0.3) is 27.4 Å². The topological polar surface area (TPSA) is 130 Å². The van der Waals surface area contributed by atoms with Gasteiger partial charge in [-0.2, -0.15) is 4.98 Å². The molecule has 10 nitrogen and oxygen atoms in total. The lowest BCUT2D eigenvalue weighted by Gasteiger charge is -2.11. The summed E-state index contributed by atoms with van der Waals surface area (Å²) in [5.41, 5.74) is 3.40. The lowest BCUT2D eigenvalue weighted by molar-refractivity contribution is 0.208. The highest BCUT2D eigenvalue weighted by Crippen LogP contribution is 2.27. The number of amides is 2. The maximum Gasteiger partial charge on any atom is 0.325 e. The van der Waals surface area contributed by atoms with Crippen LogP contribution in [0.3, 0.4) is 0 Å². The number of carbonyl (C=O) groups is 1. The van der Waals surface area contributed by atoms with Gasteiger partial charge in [-0.25, -0.2) is 19.7 Å². The van der Waals surface area contributed by atoms with Crippen molar-refractivity contribution in [2.75, 3.05) is 22.5 Å². The minimum absolute atomic E-state index is 0.340. The SMILES string of the molecule is Cc1ccc2nc(NC(=O)Nc3cccc(-c4nccn4-c4ccnc(NC[C@H](C)O)n4)c3)sc2c1. The highest BCUT2D eigenvalue weighted by Gasteiger charge is 2.13. The number of aliphatic hydroxyl groups is 1. The van der Waals surface area contributed by atoms with Crippen molar-refractivity contribution in [3.63, 3.8) is 0 Å². The standard InChI is InChI=1S/C25H24N8O2S/c1-15-6-7-19-20(12-15)36-25(30-19)32-24(35)29-18-5-3-4-17(13-18)22-26-10-11-33(22)21-8-9-27-23(31-21)28-14-16(2)34/h3-13,16,34H,14H2,1-2H3,(H,27,28,31)(H2,29,30,32,35)/t16-/m0/s1. The number of carbonyl (C=O) groups excluding carboxylic acids is 1. The number of thiazole rings is 1. The van der Waals surface area contributed by atoms with Crippen molar-refractivity contribution in [3.05, 3.63) is 72.7 Å². The molecule has 182 valence electrons. The van der Waals surface area contributed by atoms with E-state index >= 15 is 0 Å². The fraction of sp³-hybridized carbons (Fsp3) is 0.160. The number of aliphatic hydroxyl groups excluding tert-OH is 1. The van der Waals surface area contributed by atoms with Gasteiger partial charge in [0.15, 0.2) is 5.13 Å². The van der Waals surface area contributed by atoms with Crippen LogP contribution in [-0.4, -0.2) is 48.3 Å². The second-order valence-electron chi connectivity index (χ2n) is 8.24. The predicted molar refractivity (Wildman–Crippen MR) is 142 cm³/mol. The number of benzene rings is 2.